The first-order valence-electron chi connectivity index (χ1n) is 8.84. The Morgan fingerprint density at radius 3 is 2.61 bits per heavy atom. The molecule has 2 aromatic rings. The van der Waals surface area contributed by atoms with E-state index in [2.05, 4.69) is 20.7 Å². The number of aliphatic hydroxyl groups is 1. The van der Waals surface area contributed by atoms with Crippen molar-refractivity contribution in [1.29, 1.82) is 0 Å². The summed E-state index contributed by atoms with van der Waals surface area (Å²) in [6.45, 7) is 5.17. The van der Waals surface area contributed by atoms with E-state index in [0.29, 0.717) is 25.6 Å². The second-order valence-corrected chi connectivity index (χ2v) is 6.40. The van der Waals surface area contributed by atoms with Gasteiger partial charge in [0.25, 0.3) is 0 Å². The minimum Gasteiger partial charge on any atom is -0.497 e. The van der Waals surface area contributed by atoms with Crippen molar-refractivity contribution in [2.45, 2.75) is 26.0 Å². The van der Waals surface area contributed by atoms with Crippen molar-refractivity contribution >= 4 is 29.9 Å². The van der Waals surface area contributed by atoms with Crippen molar-refractivity contribution in [3.63, 3.8) is 0 Å². The van der Waals surface area contributed by atoms with Crippen LogP contribution in [0, 0.1) is 0 Å². The van der Waals surface area contributed by atoms with Crippen LogP contribution in [0.1, 0.15) is 25.0 Å². The van der Waals surface area contributed by atoms with Gasteiger partial charge in [0.1, 0.15) is 17.1 Å². The van der Waals surface area contributed by atoms with Gasteiger partial charge in [0.15, 0.2) is 5.96 Å². The molecule has 28 heavy (non-hydrogen) atoms. The number of guanidine groups is 1. The van der Waals surface area contributed by atoms with Crippen LogP contribution in [0.4, 0.5) is 0 Å². The molecule has 1 atom stereocenters. The molecule has 156 valence electrons. The first kappa shape index (κ1) is 24.0. The number of methoxy groups -OCH3 is 2. The zero-order valence-corrected chi connectivity index (χ0v) is 19.4. The van der Waals surface area contributed by atoms with Gasteiger partial charge in [-0.25, -0.2) is 4.99 Å². The van der Waals surface area contributed by atoms with Crippen LogP contribution in [0.2, 0.25) is 0 Å². The number of ether oxygens (including phenoxy) is 2. The zero-order chi connectivity index (χ0) is 19.9. The third kappa shape index (κ3) is 6.55. The lowest BCUT2D eigenvalue weighted by Crippen LogP contribution is -2.44. The van der Waals surface area contributed by atoms with Crippen LogP contribution in [0.25, 0.3) is 0 Å². The highest BCUT2D eigenvalue weighted by Gasteiger charge is 2.25. The molecule has 1 heterocycles. The number of halogens is 1. The normalized spacial score (nSPS) is 13.3. The molecule has 0 amide bonds. The molecule has 9 heteroatoms. The number of aryl methyl sites for hydroxylation is 1. The molecule has 8 nitrogen and oxygen atoms in total. The quantitative estimate of drug-likeness (QED) is 0.290. The number of hydrogen-bond donors (Lipinski definition) is 3. The second kappa shape index (κ2) is 11.1. The van der Waals surface area contributed by atoms with E-state index in [1.165, 1.54) is 0 Å². The van der Waals surface area contributed by atoms with Gasteiger partial charge in [0.05, 0.1) is 33.5 Å². The number of hydrogen-bond acceptors (Lipinski definition) is 5. The van der Waals surface area contributed by atoms with Gasteiger partial charge in [0.2, 0.25) is 0 Å². The van der Waals surface area contributed by atoms with E-state index in [-0.39, 0.29) is 24.0 Å². The largest absolute Gasteiger partial charge is 0.497 e. The molecule has 1 aromatic heterocycles. The van der Waals surface area contributed by atoms with Crippen LogP contribution < -0.4 is 20.1 Å². The Kier molecular flexibility index (Phi) is 9.53. The fourth-order valence-electron chi connectivity index (χ4n) is 2.55. The molecule has 0 radical (unpaired) electrons. The highest BCUT2D eigenvalue weighted by atomic mass is 127. The van der Waals surface area contributed by atoms with Crippen molar-refractivity contribution in [3.05, 3.63) is 41.7 Å². The van der Waals surface area contributed by atoms with Gasteiger partial charge in [0, 0.05) is 37.0 Å². The lowest BCUT2D eigenvalue weighted by molar-refractivity contribution is 0.0616. The maximum atomic E-state index is 10.7. The van der Waals surface area contributed by atoms with Crippen LogP contribution in [0.15, 0.2) is 35.6 Å². The van der Waals surface area contributed by atoms with Gasteiger partial charge in [-0.15, -0.1) is 24.0 Å². The van der Waals surface area contributed by atoms with Crippen molar-refractivity contribution in [1.82, 2.24) is 20.4 Å². The van der Waals surface area contributed by atoms with E-state index in [1.807, 2.05) is 32.2 Å². The molecule has 0 aliphatic rings. The van der Waals surface area contributed by atoms with Gasteiger partial charge >= 0.3 is 0 Å². The molecule has 0 aliphatic heterocycles. The molecule has 0 saturated carbocycles. The molecule has 1 unspecified atom stereocenters. The Hall–Kier alpha value is -2.01. The average Bonchev–Trinajstić information content (AvgIpc) is 3.11. The second-order valence-electron chi connectivity index (χ2n) is 6.40. The first-order chi connectivity index (χ1) is 12.9. The average molecular weight is 503 g/mol. The lowest BCUT2D eigenvalue weighted by Gasteiger charge is -2.23. The number of nitrogens with zero attached hydrogens (tertiary/aromatic N) is 3. The zero-order valence-electron chi connectivity index (χ0n) is 17.0. The number of aliphatic imine (C=N–C) groups is 1. The highest BCUT2D eigenvalue weighted by Crippen LogP contribution is 2.25. The van der Waals surface area contributed by atoms with Crippen LogP contribution in [0.3, 0.4) is 0 Å². The van der Waals surface area contributed by atoms with Crippen molar-refractivity contribution in [2.75, 3.05) is 27.3 Å². The summed E-state index contributed by atoms with van der Waals surface area (Å²) < 4.78 is 12.3. The van der Waals surface area contributed by atoms with Crippen LogP contribution in [-0.4, -0.2) is 48.2 Å². The molecule has 0 fully saturated rings. The fourth-order valence-corrected chi connectivity index (χ4v) is 2.55. The minimum atomic E-state index is -1.07. The number of aromatic nitrogens is 2. The predicted octanol–water partition coefficient (Wildman–Crippen LogP) is 2.02. The molecular formula is C19H30IN5O3. The summed E-state index contributed by atoms with van der Waals surface area (Å²) >= 11 is 0. The smallest absolute Gasteiger partial charge is 0.191 e. The van der Waals surface area contributed by atoms with Crippen LogP contribution in [-0.2, 0) is 19.2 Å². The predicted molar refractivity (Wildman–Crippen MR) is 121 cm³/mol. The molecule has 0 saturated heterocycles. The molecule has 3 N–H and O–H groups in total. The first-order valence-corrected chi connectivity index (χ1v) is 8.84. The molecule has 2 rings (SSSR count). The van der Waals surface area contributed by atoms with E-state index in [0.717, 1.165) is 22.6 Å². The van der Waals surface area contributed by atoms with Crippen molar-refractivity contribution < 1.29 is 14.6 Å². The van der Waals surface area contributed by atoms with Gasteiger partial charge in [-0.3, -0.25) is 4.68 Å². The maximum absolute atomic E-state index is 10.7. The van der Waals surface area contributed by atoms with Crippen LogP contribution >= 0.6 is 24.0 Å². The van der Waals surface area contributed by atoms with E-state index in [4.69, 9.17) is 9.47 Å². The van der Waals surface area contributed by atoms with E-state index >= 15 is 0 Å². The molecule has 0 bridgehead atoms. The standard InChI is InChI=1S/C19H29N5O3.HI/c1-6-20-18(22-13-19(2,25)15-11-23-24(3)12-15)21-10-14-7-8-16(26-4)9-17(14)27-5;/h7-9,11-12,25H,6,10,13H2,1-5H3,(H2,20,21,22);1H. The summed E-state index contributed by atoms with van der Waals surface area (Å²) in [5, 5.41) is 21.2. The summed E-state index contributed by atoms with van der Waals surface area (Å²) in [4.78, 5) is 4.59. The summed E-state index contributed by atoms with van der Waals surface area (Å²) in [6.07, 6.45) is 3.46. The fraction of sp³-hybridized carbons (Fsp3) is 0.474. The number of rotatable bonds is 8. The van der Waals surface area contributed by atoms with E-state index in [1.54, 1.807) is 38.2 Å². The van der Waals surface area contributed by atoms with Crippen LogP contribution in [0.5, 0.6) is 11.5 Å². The highest BCUT2D eigenvalue weighted by molar-refractivity contribution is 14.0. The Balaban J connectivity index is 0.00000392. The van der Waals surface area contributed by atoms with Gasteiger partial charge in [-0.05, 0) is 26.0 Å². The van der Waals surface area contributed by atoms with E-state index in [9.17, 15) is 5.11 Å². The molecular weight excluding hydrogens is 473 g/mol. The molecule has 0 spiro atoms. The van der Waals surface area contributed by atoms with Gasteiger partial charge in [-0.1, -0.05) is 0 Å². The molecule has 1 aromatic carbocycles. The summed E-state index contributed by atoms with van der Waals surface area (Å²) in [5.74, 6) is 2.06. The Bertz CT molecular complexity index is 777. The Labute approximate surface area is 183 Å². The third-order valence-corrected chi connectivity index (χ3v) is 4.17. The topological polar surface area (TPSA) is 92.9 Å². The maximum Gasteiger partial charge on any atom is 0.191 e. The van der Waals surface area contributed by atoms with Crippen molar-refractivity contribution in [3.8, 4) is 11.5 Å². The minimum absolute atomic E-state index is 0. The summed E-state index contributed by atoms with van der Waals surface area (Å²) in [5.41, 5.74) is 0.613. The SMILES string of the molecule is CCNC(=NCc1ccc(OC)cc1OC)NCC(C)(O)c1cnn(C)c1.I. The monoisotopic (exact) mass is 503 g/mol. The van der Waals surface area contributed by atoms with Gasteiger partial charge in [-0.2, -0.15) is 5.10 Å². The summed E-state index contributed by atoms with van der Waals surface area (Å²) in [6, 6.07) is 5.63. The lowest BCUT2D eigenvalue weighted by atomic mass is 10.00. The molecule has 0 aliphatic carbocycles. The number of nitrogens with one attached hydrogen (secondary N) is 2. The Morgan fingerprint density at radius 1 is 1.29 bits per heavy atom. The summed E-state index contributed by atoms with van der Waals surface area (Å²) in [7, 11) is 5.06. The van der Waals surface area contributed by atoms with Gasteiger partial charge < -0.3 is 25.2 Å². The third-order valence-electron chi connectivity index (χ3n) is 4.17. The number of benzene rings is 1. The van der Waals surface area contributed by atoms with E-state index < -0.39 is 5.60 Å². The Morgan fingerprint density at radius 2 is 2.04 bits per heavy atom. The van der Waals surface area contributed by atoms with Crippen molar-refractivity contribution in [2.24, 2.45) is 12.0 Å².